The van der Waals surface area contributed by atoms with Gasteiger partial charge >= 0.3 is 6.16 Å². The van der Waals surface area contributed by atoms with Crippen LogP contribution in [0, 0.1) is 10.1 Å². The third-order valence-corrected chi connectivity index (χ3v) is 10.6. The van der Waals surface area contributed by atoms with Crippen LogP contribution in [0.3, 0.4) is 0 Å². The van der Waals surface area contributed by atoms with E-state index in [9.17, 15) is 14.9 Å². The van der Waals surface area contributed by atoms with E-state index in [0.717, 1.165) is 10.4 Å². The molecule has 0 aromatic heterocycles. The minimum atomic E-state index is -2.78. The number of nitro groups is 1. The van der Waals surface area contributed by atoms with Crippen LogP contribution in [0.25, 0.3) is 0 Å². The number of nitrogens with zero attached hydrogens (tertiary/aromatic N) is 1. The number of carbonyl (C=O) groups is 1. The Morgan fingerprint density at radius 1 is 0.970 bits per heavy atom. The molecule has 0 spiro atoms. The monoisotopic (exact) mass is 465 g/mol. The number of carboxylic acid groups (broad SMARTS) is 1. The van der Waals surface area contributed by atoms with Gasteiger partial charge in [0, 0.05) is 24.3 Å². The maximum Gasteiger partial charge on any atom is 0.511 e. The molecule has 0 aliphatic carbocycles. The molecule has 0 aliphatic rings. The Kier molecular flexibility index (Phi) is 7.30. The quantitative estimate of drug-likeness (QED) is 0.169. The molecule has 3 aromatic carbocycles. The van der Waals surface area contributed by atoms with Gasteiger partial charge in [0.05, 0.1) is 4.92 Å². The lowest BCUT2D eigenvalue weighted by Gasteiger charge is -2.43. The van der Waals surface area contributed by atoms with Gasteiger partial charge in [0.2, 0.25) is 0 Å². The molecule has 0 atom stereocenters. The molecule has 0 radical (unpaired) electrons. The second-order valence-corrected chi connectivity index (χ2v) is 13.0. The van der Waals surface area contributed by atoms with E-state index in [2.05, 4.69) is 45.0 Å². The van der Waals surface area contributed by atoms with Crippen LogP contribution in [0.15, 0.2) is 78.9 Å². The SMILES string of the molecule is CC(C)(C)[Si](OCCc1cc([N+](=O)[O-])ccc1OC(=O)O)(c1ccccc1)c1ccccc1. The van der Waals surface area contributed by atoms with Crippen LogP contribution in [0.2, 0.25) is 5.04 Å². The summed E-state index contributed by atoms with van der Waals surface area (Å²) in [5, 5.41) is 22.3. The maximum absolute atomic E-state index is 11.2. The molecule has 8 heteroatoms. The van der Waals surface area contributed by atoms with Gasteiger partial charge in [-0.15, -0.1) is 0 Å². The molecule has 0 aliphatic heterocycles. The molecule has 0 unspecified atom stereocenters. The van der Waals surface area contributed by atoms with Crippen molar-refractivity contribution in [3.05, 3.63) is 94.5 Å². The van der Waals surface area contributed by atoms with Crippen molar-refractivity contribution in [3.8, 4) is 5.75 Å². The van der Waals surface area contributed by atoms with Gasteiger partial charge < -0.3 is 14.3 Å². The predicted octanol–water partition coefficient (Wildman–Crippen LogP) is 4.77. The first-order chi connectivity index (χ1) is 15.6. The fourth-order valence-corrected chi connectivity index (χ4v) is 8.71. The number of benzene rings is 3. The molecule has 7 nitrogen and oxygen atoms in total. The lowest BCUT2D eigenvalue weighted by Crippen LogP contribution is -2.66. The van der Waals surface area contributed by atoms with Crippen LogP contribution in [-0.4, -0.2) is 31.1 Å². The van der Waals surface area contributed by atoms with Crippen molar-refractivity contribution in [1.82, 2.24) is 0 Å². The molecule has 0 heterocycles. The highest BCUT2D eigenvalue weighted by Crippen LogP contribution is 2.37. The molecule has 0 bridgehead atoms. The standard InChI is InChI=1S/C25H27NO6Si/c1-25(2,3)33(21-10-6-4-7-11-21,22-12-8-5-9-13-22)31-17-16-19-18-20(26(29)30)14-15-23(19)32-24(27)28/h4-15,18H,16-17H2,1-3H3,(H,27,28). The van der Waals surface area contributed by atoms with Crippen LogP contribution in [0.1, 0.15) is 26.3 Å². The highest BCUT2D eigenvalue weighted by molar-refractivity contribution is 6.99. The minimum Gasteiger partial charge on any atom is -0.449 e. The third-order valence-electron chi connectivity index (χ3n) is 5.56. The van der Waals surface area contributed by atoms with Crippen molar-refractivity contribution in [2.45, 2.75) is 32.2 Å². The van der Waals surface area contributed by atoms with Gasteiger partial charge in [-0.1, -0.05) is 81.4 Å². The molecule has 3 rings (SSSR count). The highest BCUT2D eigenvalue weighted by atomic mass is 28.4. The molecule has 1 N–H and O–H groups in total. The summed E-state index contributed by atoms with van der Waals surface area (Å²) in [6, 6.07) is 24.1. The van der Waals surface area contributed by atoms with Crippen LogP contribution in [0.4, 0.5) is 10.5 Å². The summed E-state index contributed by atoms with van der Waals surface area (Å²) in [4.78, 5) is 21.8. The van der Waals surface area contributed by atoms with E-state index in [1.807, 2.05) is 36.4 Å². The van der Waals surface area contributed by atoms with Gasteiger partial charge in [-0.3, -0.25) is 10.1 Å². The molecule has 3 aromatic rings. The summed E-state index contributed by atoms with van der Waals surface area (Å²) in [5.74, 6) is 0.0687. The van der Waals surface area contributed by atoms with Gasteiger partial charge in [-0.05, 0) is 27.9 Å². The van der Waals surface area contributed by atoms with Crippen LogP contribution < -0.4 is 15.1 Å². The van der Waals surface area contributed by atoms with E-state index in [0.29, 0.717) is 5.56 Å². The summed E-state index contributed by atoms with van der Waals surface area (Å²) in [5.41, 5.74) is 0.276. The summed E-state index contributed by atoms with van der Waals surface area (Å²) < 4.78 is 11.6. The van der Waals surface area contributed by atoms with E-state index in [1.54, 1.807) is 0 Å². The van der Waals surface area contributed by atoms with Crippen molar-refractivity contribution in [1.29, 1.82) is 0 Å². The molecular formula is C25H27NO6Si. The van der Waals surface area contributed by atoms with Gasteiger partial charge in [-0.25, -0.2) is 4.79 Å². The van der Waals surface area contributed by atoms with Crippen LogP contribution in [0.5, 0.6) is 5.75 Å². The van der Waals surface area contributed by atoms with Crippen molar-refractivity contribution in [3.63, 3.8) is 0 Å². The zero-order chi connectivity index (χ0) is 24.1. The Bertz CT molecular complexity index is 1070. The van der Waals surface area contributed by atoms with Crippen LogP contribution >= 0.6 is 0 Å². The number of ether oxygens (including phenoxy) is 1. The largest absolute Gasteiger partial charge is 0.511 e. The Labute approximate surface area is 193 Å². The maximum atomic E-state index is 11.2. The first kappa shape index (κ1) is 24.2. The number of rotatable bonds is 8. The molecular weight excluding hydrogens is 438 g/mol. The van der Waals surface area contributed by atoms with Gasteiger partial charge in [0.15, 0.2) is 0 Å². The van der Waals surface area contributed by atoms with Crippen LogP contribution in [-0.2, 0) is 10.8 Å². The summed E-state index contributed by atoms with van der Waals surface area (Å²) in [6.45, 7) is 6.72. The van der Waals surface area contributed by atoms with Crippen molar-refractivity contribution in [2.24, 2.45) is 0 Å². The number of non-ortho nitro benzene ring substituents is 1. The predicted molar refractivity (Wildman–Crippen MR) is 129 cm³/mol. The second kappa shape index (κ2) is 9.97. The highest BCUT2D eigenvalue weighted by Gasteiger charge is 2.50. The average Bonchev–Trinajstić information content (AvgIpc) is 2.77. The molecule has 0 saturated carbocycles. The number of hydrogen-bond acceptors (Lipinski definition) is 5. The number of hydrogen-bond donors (Lipinski definition) is 1. The van der Waals surface area contributed by atoms with E-state index >= 15 is 0 Å². The van der Waals surface area contributed by atoms with Gasteiger partial charge in [0.1, 0.15) is 5.75 Å². The summed E-state index contributed by atoms with van der Waals surface area (Å²) in [6.07, 6.45) is -1.22. The van der Waals surface area contributed by atoms with Gasteiger partial charge in [0.25, 0.3) is 14.0 Å². The molecule has 0 fully saturated rings. The lowest BCUT2D eigenvalue weighted by molar-refractivity contribution is -0.384. The first-order valence-corrected chi connectivity index (χ1v) is 12.5. The van der Waals surface area contributed by atoms with Crippen molar-refractivity contribution < 1.29 is 24.0 Å². The van der Waals surface area contributed by atoms with Gasteiger partial charge in [-0.2, -0.15) is 0 Å². The van der Waals surface area contributed by atoms with E-state index in [1.165, 1.54) is 18.2 Å². The normalized spacial score (nSPS) is 11.7. The van der Waals surface area contributed by atoms with Crippen molar-refractivity contribution in [2.75, 3.05) is 6.61 Å². The zero-order valence-electron chi connectivity index (χ0n) is 18.9. The molecule has 33 heavy (non-hydrogen) atoms. The molecule has 0 amide bonds. The fraction of sp³-hybridized carbons (Fsp3) is 0.240. The average molecular weight is 466 g/mol. The lowest BCUT2D eigenvalue weighted by atomic mass is 10.1. The third kappa shape index (κ3) is 5.29. The number of nitro benzene ring substituents is 1. The Morgan fingerprint density at radius 2 is 1.52 bits per heavy atom. The second-order valence-electron chi connectivity index (χ2n) is 8.68. The Morgan fingerprint density at radius 3 is 1.97 bits per heavy atom. The van der Waals surface area contributed by atoms with E-state index in [-0.39, 0.29) is 29.5 Å². The smallest absolute Gasteiger partial charge is 0.449 e. The Hall–Kier alpha value is -3.49. The van der Waals surface area contributed by atoms with E-state index in [4.69, 9.17) is 14.3 Å². The minimum absolute atomic E-state index is 0.0687. The summed E-state index contributed by atoms with van der Waals surface area (Å²) in [7, 11) is -2.78. The zero-order valence-corrected chi connectivity index (χ0v) is 19.9. The Balaban J connectivity index is 2.00. The fourth-order valence-electron chi connectivity index (χ4n) is 4.14. The topological polar surface area (TPSA) is 98.9 Å². The summed E-state index contributed by atoms with van der Waals surface area (Å²) >= 11 is 0. The molecule has 172 valence electrons. The van der Waals surface area contributed by atoms with Crippen molar-refractivity contribution >= 4 is 30.5 Å². The molecule has 0 saturated heterocycles. The van der Waals surface area contributed by atoms with E-state index < -0.39 is 19.4 Å². The first-order valence-electron chi connectivity index (χ1n) is 10.6.